The molecule has 0 amide bonds. The fourth-order valence-corrected chi connectivity index (χ4v) is 2.59. The van der Waals surface area contributed by atoms with E-state index in [1.807, 2.05) is 0 Å². The van der Waals surface area contributed by atoms with Crippen LogP contribution in [0.5, 0.6) is 0 Å². The highest BCUT2D eigenvalue weighted by Gasteiger charge is 2.37. The zero-order valence-corrected chi connectivity index (χ0v) is 10.3. The number of hydrogen-bond donors (Lipinski definition) is 1. The summed E-state index contributed by atoms with van der Waals surface area (Å²) in [7, 11) is 0. The summed E-state index contributed by atoms with van der Waals surface area (Å²) >= 11 is 0. The SMILES string of the molecule is Cc1cc(F)cc(C(O)C2CCC(F)(F)CC2)c1. The first-order valence-electron chi connectivity index (χ1n) is 6.20. The standard InChI is InChI=1S/C14H17F3O/c1-9-6-11(8-12(15)7-9)13(18)10-2-4-14(16,17)5-3-10/h6-8,10,13,18H,2-5H2,1H3. The van der Waals surface area contributed by atoms with Gasteiger partial charge in [-0.2, -0.15) is 0 Å². The molecule has 1 atom stereocenters. The van der Waals surface area contributed by atoms with E-state index in [2.05, 4.69) is 0 Å². The topological polar surface area (TPSA) is 20.2 Å². The lowest BCUT2D eigenvalue weighted by Crippen LogP contribution is -2.27. The molecular weight excluding hydrogens is 241 g/mol. The van der Waals surface area contributed by atoms with Crippen molar-refractivity contribution in [3.63, 3.8) is 0 Å². The molecule has 1 N–H and O–H groups in total. The number of aryl methyl sites for hydroxylation is 1. The lowest BCUT2D eigenvalue weighted by atomic mass is 9.81. The van der Waals surface area contributed by atoms with Gasteiger partial charge in [0.15, 0.2) is 0 Å². The first-order chi connectivity index (χ1) is 8.37. The molecule has 1 aliphatic carbocycles. The van der Waals surface area contributed by atoms with Crippen LogP contribution in [0.25, 0.3) is 0 Å². The molecule has 0 radical (unpaired) electrons. The van der Waals surface area contributed by atoms with E-state index < -0.39 is 17.8 Å². The van der Waals surface area contributed by atoms with Gasteiger partial charge in [0.2, 0.25) is 5.92 Å². The molecule has 1 aromatic rings. The normalized spacial score (nSPS) is 21.8. The van der Waals surface area contributed by atoms with Crippen molar-refractivity contribution in [2.45, 2.75) is 44.6 Å². The Morgan fingerprint density at radius 3 is 2.39 bits per heavy atom. The molecular formula is C14H17F3O. The molecule has 0 aliphatic heterocycles. The van der Waals surface area contributed by atoms with Crippen LogP contribution in [-0.2, 0) is 0 Å². The Labute approximate surface area is 105 Å². The highest BCUT2D eigenvalue weighted by atomic mass is 19.3. The van der Waals surface area contributed by atoms with Crippen molar-refractivity contribution >= 4 is 0 Å². The highest BCUT2D eigenvalue weighted by Crippen LogP contribution is 2.41. The van der Waals surface area contributed by atoms with Gasteiger partial charge in [-0.05, 0) is 48.9 Å². The first-order valence-corrected chi connectivity index (χ1v) is 6.20. The van der Waals surface area contributed by atoms with Gasteiger partial charge in [0.1, 0.15) is 5.82 Å². The summed E-state index contributed by atoms with van der Waals surface area (Å²) in [5.41, 5.74) is 1.22. The molecule has 1 nitrogen and oxygen atoms in total. The Kier molecular flexibility index (Phi) is 3.66. The van der Waals surface area contributed by atoms with E-state index in [0.29, 0.717) is 5.56 Å². The number of halogens is 3. The van der Waals surface area contributed by atoms with Crippen LogP contribution in [0.1, 0.15) is 42.9 Å². The summed E-state index contributed by atoms with van der Waals surface area (Å²) in [4.78, 5) is 0. The van der Waals surface area contributed by atoms with Gasteiger partial charge in [-0.15, -0.1) is 0 Å². The van der Waals surface area contributed by atoms with Crippen LogP contribution in [0.2, 0.25) is 0 Å². The molecule has 1 aromatic carbocycles. The van der Waals surface area contributed by atoms with E-state index in [1.54, 1.807) is 13.0 Å². The van der Waals surface area contributed by atoms with Crippen molar-refractivity contribution in [1.29, 1.82) is 0 Å². The van der Waals surface area contributed by atoms with Gasteiger partial charge in [-0.1, -0.05) is 6.07 Å². The molecule has 1 fully saturated rings. The molecule has 18 heavy (non-hydrogen) atoms. The fraction of sp³-hybridized carbons (Fsp3) is 0.571. The lowest BCUT2D eigenvalue weighted by Gasteiger charge is -2.31. The third-order valence-corrected chi connectivity index (χ3v) is 3.61. The minimum absolute atomic E-state index is 0.191. The Hall–Kier alpha value is -1.03. The van der Waals surface area contributed by atoms with Crippen LogP contribution in [0, 0.1) is 18.7 Å². The lowest BCUT2D eigenvalue weighted by molar-refractivity contribution is -0.0627. The number of alkyl halides is 2. The molecule has 1 saturated carbocycles. The average molecular weight is 258 g/mol. The van der Waals surface area contributed by atoms with Crippen LogP contribution < -0.4 is 0 Å². The Bertz CT molecular complexity index is 401. The third kappa shape index (κ3) is 3.05. The number of rotatable bonds is 2. The predicted octanol–water partition coefficient (Wildman–Crippen LogP) is 3.99. The van der Waals surface area contributed by atoms with Crippen LogP contribution in [-0.4, -0.2) is 11.0 Å². The van der Waals surface area contributed by atoms with Crippen molar-refractivity contribution in [1.82, 2.24) is 0 Å². The third-order valence-electron chi connectivity index (χ3n) is 3.61. The quantitative estimate of drug-likeness (QED) is 0.850. The molecule has 0 spiro atoms. The van der Waals surface area contributed by atoms with E-state index in [9.17, 15) is 18.3 Å². The van der Waals surface area contributed by atoms with Gasteiger partial charge in [0.25, 0.3) is 0 Å². The second-order valence-electron chi connectivity index (χ2n) is 5.20. The zero-order valence-electron chi connectivity index (χ0n) is 10.3. The molecule has 0 aromatic heterocycles. The van der Waals surface area contributed by atoms with Gasteiger partial charge < -0.3 is 5.11 Å². The monoisotopic (exact) mass is 258 g/mol. The maximum atomic E-state index is 13.2. The van der Waals surface area contributed by atoms with Gasteiger partial charge in [-0.3, -0.25) is 0 Å². The largest absolute Gasteiger partial charge is 0.388 e. The Morgan fingerprint density at radius 1 is 1.22 bits per heavy atom. The number of hydrogen-bond acceptors (Lipinski definition) is 1. The summed E-state index contributed by atoms with van der Waals surface area (Å²) < 4.78 is 39.3. The number of aliphatic hydroxyl groups is 1. The van der Waals surface area contributed by atoms with Crippen molar-refractivity contribution in [3.8, 4) is 0 Å². The van der Waals surface area contributed by atoms with Crippen LogP contribution >= 0.6 is 0 Å². The highest BCUT2D eigenvalue weighted by molar-refractivity contribution is 5.25. The minimum atomic E-state index is -2.60. The van der Waals surface area contributed by atoms with Gasteiger partial charge >= 0.3 is 0 Å². The van der Waals surface area contributed by atoms with Crippen molar-refractivity contribution in [2.24, 2.45) is 5.92 Å². The maximum Gasteiger partial charge on any atom is 0.248 e. The van der Waals surface area contributed by atoms with E-state index in [0.717, 1.165) is 5.56 Å². The number of aliphatic hydroxyl groups excluding tert-OH is 1. The summed E-state index contributed by atoms with van der Waals surface area (Å²) in [6.45, 7) is 1.74. The van der Waals surface area contributed by atoms with Crippen LogP contribution in [0.15, 0.2) is 18.2 Å². The molecule has 1 aliphatic rings. The summed E-state index contributed by atoms with van der Waals surface area (Å²) in [5.74, 6) is -3.20. The minimum Gasteiger partial charge on any atom is -0.388 e. The van der Waals surface area contributed by atoms with Gasteiger partial charge in [0, 0.05) is 12.8 Å². The second-order valence-corrected chi connectivity index (χ2v) is 5.20. The predicted molar refractivity (Wildman–Crippen MR) is 63.0 cm³/mol. The van der Waals surface area contributed by atoms with Gasteiger partial charge in [-0.25, -0.2) is 13.2 Å². The second kappa shape index (κ2) is 4.92. The summed E-state index contributed by atoms with van der Waals surface area (Å²) in [6.07, 6.45) is -0.671. The summed E-state index contributed by atoms with van der Waals surface area (Å²) in [5, 5.41) is 10.2. The maximum absolute atomic E-state index is 13.2. The molecule has 0 heterocycles. The molecule has 0 bridgehead atoms. The van der Waals surface area contributed by atoms with Crippen molar-refractivity contribution in [3.05, 3.63) is 35.1 Å². The van der Waals surface area contributed by atoms with Gasteiger partial charge in [0.05, 0.1) is 6.10 Å². The average Bonchev–Trinajstić information content (AvgIpc) is 2.27. The molecule has 1 unspecified atom stereocenters. The van der Waals surface area contributed by atoms with E-state index in [1.165, 1.54) is 12.1 Å². The van der Waals surface area contributed by atoms with Crippen LogP contribution in [0.3, 0.4) is 0 Å². The van der Waals surface area contributed by atoms with E-state index >= 15 is 0 Å². The van der Waals surface area contributed by atoms with Crippen molar-refractivity contribution < 1.29 is 18.3 Å². The van der Waals surface area contributed by atoms with E-state index in [-0.39, 0.29) is 31.6 Å². The molecule has 2 rings (SSSR count). The molecule has 4 heteroatoms. The van der Waals surface area contributed by atoms with E-state index in [4.69, 9.17) is 0 Å². The number of benzene rings is 1. The zero-order chi connectivity index (χ0) is 13.3. The first kappa shape index (κ1) is 13.4. The van der Waals surface area contributed by atoms with Crippen LogP contribution in [0.4, 0.5) is 13.2 Å². The summed E-state index contributed by atoms with van der Waals surface area (Å²) in [6, 6.07) is 4.37. The molecule has 100 valence electrons. The fourth-order valence-electron chi connectivity index (χ4n) is 2.59. The molecule has 0 saturated heterocycles. The Morgan fingerprint density at radius 2 is 1.83 bits per heavy atom. The smallest absolute Gasteiger partial charge is 0.248 e. The Balaban J connectivity index is 2.09. The van der Waals surface area contributed by atoms with Crippen molar-refractivity contribution in [2.75, 3.05) is 0 Å².